The van der Waals surface area contributed by atoms with Crippen LogP contribution in [0.25, 0.3) is 98.4 Å². The Hall–Kier alpha value is -10.1. The van der Waals surface area contributed by atoms with Gasteiger partial charge in [0.15, 0.2) is 0 Å². The summed E-state index contributed by atoms with van der Waals surface area (Å²) in [5, 5.41) is 12.2. The number of hydrogen-bond donors (Lipinski definition) is 0. The van der Waals surface area contributed by atoms with Crippen molar-refractivity contribution in [1.82, 2.24) is 0 Å². The van der Waals surface area contributed by atoms with E-state index in [0.717, 1.165) is 51.3 Å². The molecule has 0 aromatic heterocycles. The second kappa shape index (κ2) is 19.9. The Morgan fingerprint density at radius 1 is 0.346 bits per heavy atom. The smallest absolute Gasteiger partial charge is 0.0467 e. The van der Waals surface area contributed by atoms with Crippen molar-refractivity contribution in [3.05, 3.63) is 337 Å². The van der Waals surface area contributed by atoms with Crippen molar-refractivity contribution in [3.63, 3.8) is 0 Å². The van der Waals surface area contributed by atoms with Crippen molar-refractivity contribution >= 4 is 76.4 Å². The Kier molecular flexibility index (Phi) is 11.8. The number of rotatable bonds is 10. The summed E-state index contributed by atoms with van der Waals surface area (Å²) in [5.74, 6) is 0. The quantitative estimate of drug-likeness (QED) is 0.123. The zero-order chi connectivity index (χ0) is 51.9. The van der Waals surface area contributed by atoms with Crippen LogP contribution in [0.2, 0.25) is 0 Å². The molecule has 1 heteroatoms. The molecule has 366 valence electrons. The fraction of sp³-hybridized carbons (Fsp3) is 0.0130. The Balaban J connectivity index is 0.972. The molecule has 14 rings (SSSR count). The van der Waals surface area contributed by atoms with Crippen molar-refractivity contribution in [3.8, 4) is 33.4 Å². The van der Waals surface area contributed by atoms with Gasteiger partial charge in [0, 0.05) is 17.1 Å². The zero-order valence-electron chi connectivity index (χ0n) is 43.2. The van der Waals surface area contributed by atoms with E-state index in [1.54, 1.807) is 0 Å². The van der Waals surface area contributed by atoms with Gasteiger partial charge in [0.25, 0.3) is 0 Å². The molecule has 78 heavy (non-hydrogen) atoms. The summed E-state index contributed by atoms with van der Waals surface area (Å²) in [5.41, 5.74) is 18.4. The molecule has 0 fully saturated rings. The van der Waals surface area contributed by atoms with E-state index >= 15 is 0 Å². The van der Waals surface area contributed by atoms with Gasteiger partial charge in [-0.25, -0.2) is 0 Å². The first-order valence-electron chi connectivity index (χ1n) is 27.0. The monoisotopic (exact) mass is 991 g/mol. The van der Waals surface area contributed by atoms with E-state index in [1.807, 2.05) is 0 Å². The Morgan fingerprint density at radius 2 is 0.859 bits per heavy atom. The highest BCUT2D eigenvalue weighted by atomic mass is 15.1. The first-order chi connectivity index (χ1) is 38.6. The van der Waals surface area contributed by atoms with E-state index in [4.69, 9.17) is 6.58 Å². The fourth-order valence-electron chi connectivity index (χ4n) is 12.1. The predicted octanol–water partition coefficient (Wildman–Crippen LogP) is 21.0. The average molecular weight is 992 g/mol. The molecule has 0 heterocycles. The fourth-order valence-corrected chi connectivity index (χ4v) is 12.1. The highest BCUT2D eigenvalue weighted by Gasteiger charge is 2.24. The largest absolute Gasteiger partial charge is 0.310 e. The zero-order valence-corrected chi connectivity index (χ0v) is 43.2. The summed E-state index contributed by atoms with van der Waals surface area (Å²) >= 11 is 0. The summed E-state index contributed by atoms with van der Waals surface area (Å²) in [4.78, 5) is 2.45. The van der Waals surface area contributed by atoms with Crippen LogP contribution in [-0.2, 0) is 0 Å². The minimum Gasteiger partial charge on any atom is -0.310 e. The van der Waals surface area contributed by atoms with Gasteiger partial charge in [0.2, 0.25) is 0 Å². The van der Waals surface area contributed by atoms with Gasteiger partial charge in [-0.05, 0) is 181 Å². The molecular weight excluding hydrogens is 939 g/mol. The van der Waals surface area contributed by atoms with Gasteiger partial charge < -0.3 is 4.90 Å². The third kappa shape index (κ3) is 8.39. The first kappa shape index (κ1) is 46.5. The molecule has 0 aliphatic heterocycles. The van der Waals surface area contributed by atoms with Crippen molar-refractivity contribution in [2.24, 2.45) is 0 Å². The molecule has 0 N–H and O–H groups in total. The van der Waals surface area contributed by atoms with Crippen LogP contribution in [0, 0.1) is 0 Å². The number of hydrogen-bond acceptors (Lipinski definition) is 1. The molecule has 0 spiro atoms. The molecule has 1 aliphatic carbocycles. The standard InChI is InChI=1S/C77H53N/c1-52(58-42-40-54-22-5-7-25-59(54)48-58)67-32-11-12-34-69(67)75(63-43-41-55-23-6-8-26-60(55)49-63)61-28-17-30-65(50-61)78(64-46-44-56(45-47-64)53-20-3-2-4-21-53)66-31-18-29-62(51-66)76-71-35-13-15-37-73(71)77(74-38-16-14-36-72(74)76)70-39-19-27-57-24-9-10-33-68(57)70/h2-27,29-51H,1,28H2/b75-61+. The van der Waals surface area contributed by atoms with Gasteiger partial charge >= 0.3 is 0 Å². The summed E-state index contributed by atoms with van der Waals surface area (Å²) in [6.45, 7) is 4.83. The minimum atomic E-state index is 0.754. The maximum absolute atomic E-state index is 4.83. The Morgan fingerprint density at radius 3 is 1.55 bits per heavy atom. The SMILES string of the molecule is C=C(c1ccc2ccccc2c1)c1ccccc1/C(=C1/C=C(N(c2ccc(-c3ccccc3)cc2)c2cccc(-c3c4ccccc4c(-c4cccc5ccccc45)c4ccccc34)c2)C=CC1)c1ccc2ccccc2c1. The van der Waals surface area contributed by atoms with Crippen molar-refractivity contribution in [1.29, 1.82) is 0 Å². The number of benzene rings is 13. The van der Waals surface area contributed by atoms with Crippen LogP contribution in [0.4, 0.5) is 11.4 Å². The second-order valence-electron chi connectivity index (χ2n) is 20.4. The average Bonchev–Trinajstić information content (AvgIpc) is 3.63. The molecule has 13 aromatic carbocycles. The molecule has 1 nitrogen and oxygen atoms in total. The summed E-state index contributed by atoms with van der Waals surface area (Å²) in [6, 6.07) is 102. The lowest BCUT2D eigenvalue weighted by Gasteiger charge is -2.30. The molecule has 0 amide bonds. The van der Waals surface area contributed by atoms with Crippen LogP contribution in [0.5, 0.6) is 0 Å². The maximum atomic E-state index is 4.83. The van der Waals surface area contributed by atoms with E-state index in [0.29, 0.717) is 0 Å². The van der Waals surface area contributed by atoms with E-state index in [9.17, 15) is 0 Å². The van der Waals surface area contributed by atoms with Crippen molar-refractivity contribution < 1.29 is 0 Å². The lowest BCUT2D eigenvalue weighted by Crippen LogP contribution is -2.17. The summed E-state index contributed by atoms with van der Waals surface area (Å²) in [7, 11) is 0. The number of anilines is 2. The number of nitrogens with zero attached hydrogens (tertiary/aromatic N) is 1. The van der Waals surface area contributed by atoms with Gasteiger partial charge in [-0.3, -0.25) is 0 Å². The normalized spacial score (nSPS) is 13.1. The summed E-state index contributed by atoms with van der Waals surface area (Å²) in [6.07, 6.45) is 7.84. The minimum absolute atomic E-state index is 0.754. The Labute approximate surface area is 456 Å². The van der Waals surface area contributed by atoms with Crippen LogP contribution >= 0.6 is 0 Å². The third-order valence-corrected chi connectivity index (χ3v) is 15.8. The van der Waals surface area contributed by atoms with Crippen LogP contribution in [0.3, 0.4) is 0 Å². The van der Waals surface area contributed by atoms with E-state index in [-0.39, 0.29) is 0 Å². The number of fused-ring (bicyclic) bond motifs is 5. The van der Waals surface area contributed by atoms with Gasteiger partial charge in [-0.2, -0.15) is 0 Å². The number of allylic oxidation sites excluding steroid dienone is 4. The maximum Gasteiger partial charge on any atom is 0.0467 e. The molecular formula is C77H53N. The lowest BCUT2D eigenvalue weighted by molar-refractivity contribution is 1.14. The van der Waals surface area contributed by atoms with Crippen LogP contribution in [-0.4, -0.2) is 0 Å². The molecule has 1 aliphatic rings. The van der Waals surface area contributed by atoms with Gasteiger partial charge in [-0.15, -0.1) is 0 Å². The van der Waals surface area contributed by atoms with Gasteiger partial charge in [-0.1, -0.05) is 255 Å². The van der Waals surface area contributed by atoms with Gasteiger partial charge in [0.05, 0.1) is 0 Å². The molecule has 13 aromatic rings. The topological polar surface area (TPSA) is 3.24 Å². The molecule has 0 saturated carbocycles. The van der Waals surface area contributed by atoms with E-state index < -0.39 is 0 Å². The van der Waals surface area contributed by atoms with E-state index in [1.165, 1.54) is 98.4 Å². The lowest BCUT2D eigenvalue weighted by atomic mass is 9.83. The van der Waals surface area contributed by atoms with Crippen LogP contribution < -0.4 is 4.90 Å². The predicted molar refractivity (Wildman–Crippen MR) is 334 cm³/mol. The molecule has 0 radical (unpaired) electrons. The third-order valence-electron chi connectivity index (χ3n) is 15.8. The molecule has 0 unspecified atom stereocenters. The highest BCUT2D eigenvalue weighted by molar-refractivity contribution is 6.23. The first-order valence-corrected chi connectivity index (χ1v) is 27.0. The highest BCUT2D eigenvalue weighted by Crippen LogP contribution is 2.47. The van der Waals surface area contributed by atoms with Crippen LogP contribution in [0.1, 0.15) is 28.7 Å². The van der Waals surface area contributed by atoms with E-state index in [2.05, 4.69) is 302 Å². The second-order valence-corrected chi connectivity index (χ2v) is 20.4. The van der Waals surface area contributed by atoms with Gasteiger partial charge in [0.1, 0.15) is 0 Å². The molecule has 0 atom stereocenters. The van der Waals surface area contributed by atoms with Crippen LogP contribution in [0.15, 0.2) is 315 Å². The van der Waals surface area contributed by atoms with Crippen molar-refractivity contribution in [2.75, 3.05) is 4.90 Å². The Bertz CT molecular complexity index is 4530. The van der Waals surface area contributed by atoms with Crippen molar-refractivity contribution in [2.45, 2.75) is 6.42 Å². The summed E-state index contributed by atoms with van der Waals surface area (Å²) < 4.78 is 0. The molecule has 0 saturated heterocycles. The molecule has 0 bridgehead atoms.